The van der Waals surface area contributed by atoms with Crippen LogP contribution in [0.25, 0.3) is 39.5 Å². The van der Waals surface area contributed by atoms with E-state index < -0.39 is 0 Å². The van der Waals surface area contributed by atoms with Gasteiger partial charge in [0, 0.05) is 62.4 Å². The predicted octanol–water partition coefficient (Wildman–Crippen LogP) is 2.83. The molecular formula is C27H26N8O. The lowest BCUT2D eigenvalue weighted by atomic mass is 10.1. The molecule has 4 N–H and O–H groups in total. The van der Waals surface area contributed by atoms with Crippen molar-refractivity contribution in [3.63, 3.8) is 0 Å². The molecule has 180 valence electrons. The van der Waals surface area contributed by atoms with Crippen molar-refractivity contribution in [2.45, 2.75) is 6.54 Å². The Morgan fingerprint density at radius 2 is 1.78 bits per heavy atom. The van der Waals surface area contributed by atoms with Crippen LogP contribution in [0, 0.1) is 0 Å². The molecule has 1 fully saturated rings. The highest BCUT2D eigenvalue weighted by atomic mass is 16.1. The van der Waals surface area contributed by atoms with E-state index in [4.69, 9.17) is 15.7 Å². The number of fused-ring (bicyclic) bond motifs is 1. The molecule has 6 rings (SSSR count). The second-order valence-electron chi connectivity index (χ2n) is 8.88. The van der Waals surface area contributed by atoms with Gasteiger partial charge in [-0.3, -0.25) is 14.3 Å². The lowest BCUT2D eigenvalue weighted by Crippen LogP contribution is -2.42. The van der Waals surface area contributed by atoms with E-state index in [0.29, 0.717) is 17.3 Å². The quantitative estimate of drug-likeness (QED) is 0.356. The van der Waals surface area contributed by atoms with Crippen molar-refractivity contribution in [1.82, 2.24) is 34.7 Å². The first kappa shape index (κ1) is 22.1. The number of H-pyrrole nitrogens is 1. The lowest BCUT2D eigenvalue weighted by molar-refractivity contribution is 0.233. The van der Waals surface area contributed by atoms with Crippen molar-refractivity contribution in [2.24, 2.45) is 0 Å². The summed E-state index contributed by atoms with van der Waals surface area (Å²) in [5, 5.41) is 3.40. The van der Waals surface area contributed by atoms with Crippen LogP contribution in [0.15, 0.2) is 77.9 Å². The van der Waals surface area contributed by atoms with E-state index in [1.165, 1.54) is 11.6 Å². The number of aromatic nitrogens is 5. The monoisotopic (exact) mass is 478 g/mol. The van der Waals surface area contributed by atoms with Crippen molar-refractivity contribution in [3.05, 3.63) is 89.0 Å². The average molecular weight is 479 g/mol. The number of hydrogen-bond donors (Lipinski definition) is 3. The molecule has 0 unspecified atom stereocenters. The number of nitrogens with one attached hydrogen (secondary N) is 2. The Hall–Kier alpha value is -4.34. The molecule has 0 amide bonds. The normalized spacial score (nSPS) is 14.3. The summed E-state index contributed by atoms with van der Waals surface area (Å²) in [6.07, 6.45) is 3.34. The Morgan fingerprint density at radius 1 is 0.944 bits per heavy atom. The molecule has 9 heteroatoms. The van der Waals surface area contributed by atoms with Crippen molar-refractivity contribution in [2.75, 3.05) is 31.9 Å². The number of nitrogens with two attached hydrogens (primary N) is 1. The maximum Gasteiger partial charge on any atom is 0.247 e. The molecule has 4 aromatic heterocycles. The minimum absolute atomic E-state index is 0.153. The molecule has 1 aromatic carbocycles. The zero-order chi connectivity index (χ0) is 24.5. The van der Waals surface area contributed by atoms with E-state index in [1.54, 1.807) is 18.5 Å². The fraction of sp³-hybridized carbons (Fsp3) is 0.185. The van der Waals surface area contributed by atoms with Gasteiger partial charge in [0.05, 0.1) is 11.3 Å². The largest absolute Gasteiger partial charge is 0.383 e. The van der Waals surface area contributed by atoms with Crippen LogP contribution >= 0.6 is 0 Å². The first-order chi connectivity index (χ1) is 17.7. The first-order valence-electron chi connectivity index (χ1n) is 12.0. The summed E-state index contributed by atoms with van der Waals surface area (Å²) in [4.78, 5) is 30.8. The number of rotatable bonds is 5. The Labute approximate surface area is 207 Å². The van der Waals surface area contributed by atoms with Crippen molar-refractivity contribution in [1.29, 1.82) is 0 Å². The number of hydrogen-bond acceptors (Lipinski definition) is 7. The van der Waals surface area contributed by atoms with Crippen molar-refractivity contribution >= 4 is 17.0 Å². The number of imidazole rings is 1. The molecule has 0 bridgehead atoms. The molecule has 0 aliphatic carbocycles. The number of anilines is 1. The molecule has 9 nitrogen and oxygen atoms in total. The second kappa shape index (κ2) is 9.37. The third kappa shape index (κ3) is 4.26. The summed E-state index contributed by atoms with van der Waals surface area (Å²) in [6.45, 7) is 5.08. The van der Waals surface area contributed by atoms with Crippen LogP contribution in [-0.4, -0.2) is 55.6 Å². The Bertz CT molecular complexity index is 1560. The molecule has 0 atom stereocenters. The van der Waals surface area contributed by atoms with Gasteiger partial charge in [-0.15, -0.1) is 0 Å². The van der Waals surface area contributed by atoms with Crippen LogP contribution in [-0.2, 0) is 6.54 Å². The topological polar surface area (TPSA) is 118 Å². The Morgan fingerprint density at radius 3 is 2.53 bits per heavy atom. The van der Waals surface area contributed by atoms with Gasteiger partial charge in [-0.1, -0.05) is 12.1 Å². The fourth-order valence-electron chi connectivity index (χ4n) is 4.60. The molecule has 0 spiro atoms. The van der Waals surface area contributed by atoms with Gasteiger partial charge in [0.25, 0.3) is 0 Å². The van der Waals surface area contributed by atoms with Gasteiger partial charge in [-0.25, -0.2) is 15.0 Å². The summed E-state index contributed by atoms with van der Waals surface area (Å²) < 4.78 is 2.02. The molecule has 5 heterocycles. The number of pyridine rings is 3. The Kier molecular flexibility index (Phi) is 5.76. The highest BCUT2D eigenvalue weighted by molar-refractivity contribution is 5.84. The van der Waals surface area contributed by atoms with Crippen molar-refractivity contribution < 1.29 is 0 Å². The van der Waals surface area contributed by atoms with E-state index >= 15 is 0 Å². The number of benzene rings is 1. The van der Waals surface area contributed by atoms with E-state index in [2.05, 4.69) is 44.5 Å². The van der Waals surface area contributed by atoms with Gasteiger partial charge in [0.15, 0.2) is 11.5 Å². The average Bonchev–Trinajstić information content (AvgIpc) is 3.29. The second-order valence-corrected chi connectivity index (χ2v) is 8.88. The summed E-state index contributed by atoms with van der Waals surface area (Å²) in [7, 11) is 0. The van der Waals surface area contributed by atoms with Crippen LogP contribution in [0.3, 0.4) is 0 Å². The van der Waals surface area contributed by atoms with E-state index in [1.807, 2.05) is 28.8 Å². The van der Waals surface area contributed by atoms with E-state index in [0.717, 1.165) is 60.7 Å². The number of nitrogens with zero attached hydrogens (tertiary/aromatic N) is 5. The molecule has 1 aliphatic heterocycles. The van der Waals surface area contributed by atoms with Gasteiger partial charge >= 0.3 is 0 Å². The molecular weight excluding hydrogens is 452 g/mol. The van der Waals surface area contributed by atoms with E-state index in [-0.39, 0.29) is 5.56 Å². The molecule has 5 aromatic rings. The molecule has 0 saturated carbocycles. The zero-order valence-electron chi connectivity index (χ0n) is 19.7. The van der Waals surface area contributed by atoms with Gasteiger partial charge in [-0.2, -0.15) is 0 Å². The third-order valence-electron chi connectivity index (χ3n) is 6.47. The van der Waals surface area contributed by atoms with Gasteiger partial charge in [0.1, 0.15) is 11.3 Å². The minimum atomic E-state index is -0.153. The third-order valence-corrected chi connectivity index (χ3v) is 6.47. The van der Waals surface area contributed by atoms with Crippen LogP contribution in [0.4, 0.5) is 5.82 Å². The van der Waals surface area contributed by atoms with Gasteiger partial charge < -0.3 is 16.0 Å². The van der Waals surface area contributed by atoms with Crippen LogP contribution in [0.1, 0.15) is 5.56 Å². The SMILES string of the molecule is Nc1ncccc1-c1nc2ccc(-c3ccc(=O)[nH]c3)nc2n1-c1ccc(CN2CCNCC2)cc1. The number of aromatic amines is 1. The molecule has 1 saturated heterocycles. The minimum Gasteiger partial charge on any atom is -0.383 e. The fourth-order valence-corrected chi connectivity index (χ4v) is 4.60. The van der Waals surface area contributed by atoms with Crippen LogP contribution in [0.5, 0.6) is 0 Å². The first-order valence-corrected chi connectivity index (χ1v) is 12.0. The number of nitrogen functional groups attached to an aromatic ring is 1. The van der Waals surface area contributed by atoms with E-state index in [9.17, 15) is 4.79 Å². The Balaban J connectivity index is 1.47. The van der Waals surface area contributed by atoms with Gasteiger partial charge in [0.2, 0.25) is 5.56 Å². The maximum absolute atomic E-state index is 11.5. The highest BCUT2D eigenvalue weighted by Crippen LogP contribution is 2.31. The van der Waals surface area contributed by atoms with Crippen molar-refractivity contribution in [3.8, 4) is 28.3 Å². The highest BCUT2D eigenvalue weighted by Gasteiger charge is 2.19. The molecule has 0 radical (unpaired) electrons. The summed E-state index contributed by atoms with van der Waals surface area (Å²) >= 11 is 0. The molecule has 1 aliphatic rings. The summed E-state index contributed by atoms with van der Waals surface area (Å²) in [5.41, 5.74) is 12.0. The van der Waals surface area contributed by atoms with Crippen LogP contribution in [0.2, 0.25) is 0 Å². The standard InChI is InChI=1S/C27H26N8O/c28-25-21(2-1-11-30-25)26-33-23-9-8-22(19-5-10-24(36)31-16-19)32-27(23)35(26)20-6-3-18(4-7-20)17-34-14-12-29-13-15-34/h1-11,16,29H,12-15,17H2,(H2,28,30)(H,31,36). The molecule has 36 heavy (non-hydrogen) atoms. The smallest absolute Gasteiger partial charge is 0.247 e. The predicted molar refractivity (Wildman–Crippen MR) is 141 cm³/mol. The lowest BCUT2D eigenvalue weighted by Gasteiger charge is -2.27. The summed E-state index contributed by atoms with van der Waals surface area (Å²) in [6, 6.07) is 19.4. The maximum atomic E-state index is 11.5. The number of piperazine rings is 1. The van der Waals surface area contributed by atoms with Crippen LogP contribution < -0.4 is 16.6 Å². The van der Waals surface area contributed by atoms with Gasteiger partial charge in [-0.05, 0) is 48.0 Å². The summed E-state index contributed by atoms with van der Waals surface area (Å²) in [5.74, 6) is 1.09. The zero-order valence-corrected chi connectivity index (χ0v) is 19.7.